The van der Waals surface area contributed by atoms with Crippen molar-refractivity contribution in [3.05, 3.63) is 0 Å². The van der Waals surface area contributed by atoms with Gasteiger partial charge in [-0.3, -0.25) is 0 Å². The van der Waals surface area contributed by atoms with Gasteiger partial charge in [0, 0.05) is 1.43 Å². The Bertz CT molecular complexity index is 16.1. The van der Waals surface area contributed by atoms with Crippen LogP contribution in [0.3, 0.4) is 0 Å². The molecule has 0 atom stereocenters. The average Bonchev–Trinajstić information content (AvgIpc) is 1.61. The molecule has 0 unspecified atom stereocenters. The Hall–Kier alpha value is 0. The topological polar surface area (TPSA) is 0 Å². The number of unbranched alkanes of at least 4 members (excludes halogenated alkanes) is 3. The predicted octanol–water partition coefficient (Wildman–Crippen LogP) is 2.83. The normalized spacial score (nSPS) is 9.00. The van der Waals surface area contributed by atoms with Gasteiger partial charge in [0.05, 0.1) is 0 Å². The van der Waals surface area contributed by atoms with E-state index in [1.54, 1.807) is 0 Å². The van der Waals surface area contributed by atoms with E-state index in [9.17, 15) is 0 Å². The first-order chi connectivity index (χ1) is 2.91. The lowest BCUT2D eigenvalue weighted by Gasteiger charge is -1.86. The fourth-order valence-corrected chi connectivity index (χ4v) is 0.500. The van der Waals surface area contributed by atoms with E-state index in [4.69, 9.17) is 0 Å². The molecule has 0 nitrogen and oxygen atoms in total. The lowest BCUT2D eigenvalue weighted by Crippen LogP contribution is -1.66. The highest BCUT2D eigenvalue weighted by Gasteiger charge is 1.75. The van der Waals surface area contributed by atoms with Gasteiger partial charge in [0.15, 0.2) is 0 Å². The maximum absolute atomic E-state index is 2.23. The van der Waals surface area contributed by atoms with Gasteiger partial charge >= 0.3 is 0 Å². The van der Waals surface area contributed by atoms with Crippen molar-refractivity contribution in [2.24, 2.45) is 0 Å². The number of rotatable bonds is 3. The van der Waals surface area contributed by atoms with Gasteiger partial charge in [-0.1, -0.05) is 39.5 Å². The first kappa shape index (κ1) is 6.00. The second kappa shape index (κ2) is 5.00. The Labute approximate surface area is 42.0 Å². The van der Waals surface area contributed by atoms with E-state index < -0.39 is 0 Å². The Morgan fingerprint density at radius 3 is 1.50 bits per heavy atom. The third kappa shape index (κ3) is 4.00. The van der Waals surface area contributed by atoms with Crippen LogP contribution in [0.15, 0.2) is 0 Å². The largest absolute Gasteiger partial charge is 0.0654 e. The molecule has 0 saturated carbocycles. The summed E-state index contributed by atoms with van der Waals surface area (Å²) in [6.07, 6.45) is 5.54. The van der Waals surface area contributed by atoms with Crippen LogP contribution in [0.25, 0.3) is 0 Å². The summed E-state index contributed by atoms with van der Waals surface area (Å²) in [5, 5.41) is 0. The average molecular weight is 88.2 g/mol. The van der Waals surface area contributed by atoms with Crippen molar-refractivity contribution in [3.63, 3.8) is 0 Å². The van der Waals surface area contributed by atoms with Crippen LogP contribution in [0.2, 0.25) is 0 Å². The number of hydrogen-bond acceptors (Lipinski definition) is 0. The van der Waals surface area contributed by atoms with Gasteiger partial charge in [-0.15, -0.1) is 0 Å². The molecule has 0 aliphatic rings. The molecular weight excluding hydrogens is 72.1 g/mol. The van der Waals surface area contributed by atoms with Gasteiger partial charge in [0.25, 0.3) is 0 Å². The van der Waals surface area contributed by atoms with Crippen LogP contribution in [0, 0.1) is 0 Å². The predicted molar refractivity (Wildman–Crippen MR) is 31.9 cm³/mol. The molecule has 0 aliphatic carbocycles. The molecule has 0 rings (SSSR count). The SMILES string of the molecule is CCCCCC.[HH]. The van der Waals surface area contributed by atoms with Crippen molar-refractivity contribution in [3.8, 4) is 0 Å². The molecule has 0 heterocycles. The Morgan fingerprint density at radius 2 is 1.33 bits per heavy atom. The lowest BCUT2D eigenvalue weighted by atomic mass is 10.2. The van der Waals surface area contributed by atoms with Crippen LogP contribution in [0.1, 0.15) is 41.0 Å². The Balaban J connectivity index is 0. The first-order valence-electron chi connectivity index (χ1n) is 2.91. The highest BCUT2D eigenvalue weighted by molar-refractivity contribution is 4.31. The van der Waals surface area contributed by atoms with Gasteiger partial charge in [-0.2, -0.15) is 0 Å². The molecule has 0 radical (unpaired) electrons. The maximum Gasteiger partial charge on any atom is 0 e. The molecular formula is C6H16. The minimum Gasteiger partial charge on any atom is -0.0654 e. The zero-order valence-electron chi connectivity index (χ0n) is 4.83. The van der Waals surface area contributed by atoms with E-state index in [0.717, 1.165) is 0 Å². The zero-order chi connectivity index (χ0) is 4.83. The molecule has 0 aliphatic heterocycles. The first-order valence-corrected chi connectivity index (χ1v) is 2.91. The van der Waals surface area contributed by atoms with Gasteiger partial charge in [0.1, 0.15) is 0 Å². The summed E-state index contributed by atoms with van der Waals surface area (Å²) in [6.45, 7) is 4.46. The maximum atomic E-state index is 2.23. The van der Waals surface area contributed by atoms with Gasteiger partial charge < -0.3 is 0 Å². The van der Waals surface area contributed by atoms with E-state index in [0.29, 0.717) is 0 Å². The molecule has 0 N–H and O–H groups in total. The highest BCUT2D eigenvalue weighted by atomic mass is 13.8. The van der Waals surface area contributed by atoms with E-state index >= 15 is 0 Å². The molecule has 40 valence electrons. The van der Waals surface area contributed by atoms with Crippen LogP contribution in [0.4, 0.5) is 0 Å². The minimum atomic E-state index is 0. The molecule has 0 amide bonds. The van der Waals surface area contributed by atoms with E-state index in [1.807, 2.05) is 0 Å². The fraction of sp³-hybridized carbons (Fsp3) is 1.00. The molecule has 0 fully saturated rings. The van der Waals surface area contributed by atoms with E-state index in [2.05, 4.69) is 13.8 Å². The van der Waals surface area contributed by atoms with Crippen LogP contribution in [-0.4, -0.2) is 0 Å². The summed E-state index contributed by atoms with van der Waals surface area (Å²) in [7, 11) is 0. The molecule has 0 aromatic heterocycles. The molecule has 0 aromatic carbocycles. The summed E-state index contributed by atoms with van der Waals surface area (Å²) in [5.41, 5.74) is 0. The van der Waals surface area contributed by atoms with Crippen molar-refractivity contribution in [1.29, 1.82) is 0 Å². The third-order valence-electron chi connectivity index (χ3n) is 0.957. The third-order valence-corrected chi connectivity index (χ3v) is 0.957. The number of hydrogen-bond donors (Lipinski definition) is 0. The lowest BCUT2D eigenvalue weighted by molar-refractivity contribution is 0.702. The highest BCUT2D eigenvalue weighted by Crippen LogP contribution is 1.95. The Morgan fingerprint density at radius 1 is 1.00 bits per heavy atom. The summed E-state index contributed by atoms with van der Waals surface area (Å²) in [6, 6.07) is 0. The Kier molecular flexibility index (Phi) is 5.00. The minimum absolute atomic E-state index is 0. The van der Waals surface area contributed by atoms with Crippen molar-refractivity contribution >= 4 is 0 Å². The molecule has 6 heavy (non-hydrogen) atoms. The molecule has 0 saturated heterocycles. The van der Waals surface area contributed by atoms with Crippen LogP contribution >= 0.6 is 0 Å². The summed E-state index contributed by atoms with van der Waals surface area (Å²) >= 11 is 0. The van der Waals surface area contributed by atoms with Crippen molar-refractivity contribution in [1.82, 2.24) is 0 Å². The summed E-state index contributed by atoms with van der Waals surface area (Å²) < 4.78 is 0. The van der Waals surface area contributed by atoms with Gasteiger partial charge in [0.2, 0.25) is 0 Å². The zero-order valence-corrected chi connectivity index (χ0v) is 4.83. The molecule has 0 heteroatoms. The van der Waals surface area contributed by atoms with Crippen LogP contribution < -0.4 is 0 Å². The van der Waals surface area contributed by atoms with Crippen molar-refractivity contribution < 1.29 is 1.43 Å². The summed E-state index contributed by atoms with van der Waals surface area (Å²) in [4.78, 5) is 0. The van der Waals surface area contributed by atoms with Crippen molar-refractivity contribution in [2.45, 2.75) is 39.5 Å². The quantitative estimate of drug-likeness (QED) is 0.465. The molecule has 0 spiro atoms. The van der Waals surface area contributed by atoms with Crippen molar-refractivity contribution in [2.75, 3.05) is 0 Å². The van der Waals surface area contributed by atoms with Crippen LogP contribution in [0.5, 0.6) is 0 Å². The summed E-state index contributed by atoms with van der Waals surface area (Å²) in [5.74, 6) is 0. The smallest absolute Gasteiger partial charge is 0 e. The molecule has 0 bridgehead atoms. The van der Waals surface area contributed by atoms with Gasteiger partial charge in [-0.05, 0) is 0 Å². The molecule has 0 aromatic rings. The van der Waals surface area contributed by atoms with E-state index in [1.165, 1.54) is 25.7 Å². The van der Waals surface area contributed by atoms with Gasteiger partial charge in [-0.25, -0.2) is 0 Å². The standard InChI is InChI=1S/C6H14.H2/c1-3-5-6-4-2;/h3-6H2,1-2H3;1H. The van der Waals surface area contributed by atoms with Crippen LogP contribution in [-0.2, 0) is 0 Å². The fourth-order valence-electron chi connectivity index (χ4n) is 0.500. The van der Waals surface area contributed by atoms with E-state index in [-0.39, 0.29) is 1.43 Å². The monoisotopic (exact) mass is 88.1 g/mol. The second-order valence-corrected chi connectivity index (χ2v) is 1.71. The second-order valence-electron chi connectivity index (χ2n) is 1.71.